The van der Waals surface area contributed by atoms with E-state index in [1.165, 1.54) is 18.4 Å². The van der Waals surface area contributed by atoms with E-state index in [1.54, 1.807) is 11.6 Å². The second kappa shape index (κ2) is 6.14. The molecular formula is C17H13N3O4S. The van der Waals surface area contributed by atoms with E-state index in [1.807, 2.05) is 24.3 Å². The SMILES string of the molecule is COC(=O)[C@@H]1COC(c2csc(C(=O)c3c[nH]c4ccccc34)n2)=N1. The van der Waals surface area contributed by atoms with Crippen molar-refractivity contribution in [2.75, 3.05) is 13.7 Å². The summed E-state index contributed by atoms with van der Waals surface area (Å²) in [5.41, 5.74) is 1.91. The van der Waals surface area contributed by atoms with Crippen LogP contribution in [0.25, 0.3) is 10.9 Å². The number of rotatable bonds is 4. The maximum atomic E-state index is 12.7. The molecule has 3 aromatic rings. The van der Waals surface area contributed by atoms with Crippen molar-refractivity contribution in [1.82, 2.24) is 9.97 Å². The Morgan fingerprint density at radius 1 is 1.36 bits per heavy atom. The van der Waals surface area contributed by atoms with E-state index >= 15 is 0 Å². The van der Waals surface area contributed by atoms with Gasteiger partial charge in [-0.3, -0.25) is 4.79 Å². The van der Waals surface area contributed by atoms with E-state index in [0.717, 1.165) is 10.9 Å². The van der Waals surface area contributed by atoms with Gasteiger partial charge in [-0.05, 0) is 6.07 Å². The Hall–Kier alpha value is -3.00. The molecule has 1 atom stereocenters. The quantitative estimate of drug-likeness (QED) is 0.572. The molecule has 1 N–H and O–H groups in total. The summed E-state index contributed by atoms with van der Waals surface area (Å²) in [6.45, 7) is 0.116. The molecule has 25 heavy (non-hydrogen) atoms. The number of nitrogens with zero attached hydrogens (tertiary/aromatic N) is 2. The van der Waals surface area contributed by atoms with Gasteiger partial charge >= 0.3 is 5.97 Å². The Kier molecular flexibility index (Phi) is 3.81. The summed E-state index contributed by atoms with van der Waals surface area (Å²) in [6, 6.07) is 6.90. The zero-order valence-electron chi connectivity index (χ0n) is 13.2. The van der Waals surface area contributed by atoms with Gasteiger partial charge in [0.1, 0.15) is 12.3 Å². The Balaban J connectivity index is 1.61. The number of esters is 1. The fourth-order valence-electron chi connectivity index (χ4n) is 2.62. The van der Waals surface area contributed by atoms with Crippen LogP contribution in [0.3, 0.4) is 0 Å². The number of thiazole rings is 1. The maximum absolute atomic E-state index is 12.7. The fraction of sp³-hybridized carbons (Fsp3) is 0.176. The van der Waals surface area contributed by atoms with Crippen molar-refractivity contribution in [1.29, 1.82) is 0 Å². The van der Waals surface area contributed by atoms with Crippen LogP contribution in [0.5, 0.6) is 0 Å². The number of aromatic amines is 1. The van der Waals surface area contributed by atoms with Gasteiger partial charge in [0, 0.05) is 22.5 Å². The second-order valence-corrected chi connectivity index (χ2v) is 6.26. The van der Waals surface area contributed by atoms with Gasteiger partial charge in [-0.2, -0.15) is 0 Å². The van der Waals surface area contributed by atoms with Crippen molar-refractivity contribution in [2.45, 2.75) is 6.04 Å². The van der Waals surface area contributed by atoms with E-state index in [0.29, 0.717) is 16.3 Å². The molecular weight excluding hydrogens is 342 g/mol. The molecule has 0 unspecified atom stereocenters. The summed E-state index contributed by atoms with van der Waals surface area (Å²) < 4.78 is 10.1. The average molecular weight is 355 g/mol. The standard InChI is InChI=1S/C17H13N3O4S/c1-23-17(22)12-7-24-15(19-12)13-8-25-16(20-13)14(21)10-6-18-11-5-3-2-4-9(10)11/h2-6,8,12,18H,7H2,1H3/t12-/m0/s1. The van der Waals surface area contributed by atoms with Gasteiger partial charge < -0.3 is 14.5 Å². The molecule has 2 aromatic heterocycles. The Morgan fingerprint density at radius 3 is 3.04 bits per heavy atom. The predicted molar refractivity (Wildman–Crippen MR) is 92.1 cm³/mol. The fourth-order valence-corrected chi connectivity index (χ4v) is 3.37. The molecule has 0 saturated carbocycles. The first kappa shape index (κ1) is 15.5. The molecule has 0 spiro atoms. The van der Waals surface area contributed by atoms with Crippen molar-refractivity contribution < 1.29 is 19.1 Å². The lowest BCUT2D eigenvalue weighted by Crippen LogP contribution is -2.21. The minimum absolute atomic E-state index is 0.116. The number of nitrogens with one attached hydrogen (secondary N) is 1. The molecule has 0 radical (unpaired) electrons. The van der Waals surface area contributed by atoms with E-state index in [2.05, 4.69) is 19.7 Å². The number of H-pyrrole nitrogens is 1. The predicted octanol–water partition coefficient (Wildman–Crippen LogP) is 2.17. The Morgan fingerprint density at radius 2 is 2.20 bits per heavy atom. The number of aliphatic imine (C=N–C) groups is 1. The summed E-state index contributed by atoms with van der Waals surface area (Å²) in [5, 5.41) is 2.89. The third-order valence-electron chi connectivity index (χ3n) is 3.88. The molecule has 1 aliphatic rings. The summed E-state index contributed by atoms with van der Waals surface area (Å²) in [5.74, 6) is -0.373. The van der Waals surface area contributed by atoms with Gasteiger partial charge in [-0.1, -0.05) is 18.2 Å². The molecule has 0 bridgehead atoms. The lowest BCUT2D eigenvalue weighted by molar-refractivity contribution is -0.142. The van der Waals surface area contributed by atoms with Gasteiger partial charge in [0.2, 0.25) is 11.7 Å². The number of hydrogen-bond acceptors (Lipinski definition) is 7. The molecule has 0 aliphatic carbocycles. The first-order valence-corrected chi connectivity index (χ1v) is 8.40. The first-order chi connectivity index (χ1) is 12.2. The number of methoxy groups -OCH3 is 1. The third kappa shape index (κ3) is 2.70. The Labute approximate surface area is 146 Å². The minimum Gasteiger partial charge on any atom is -0.473 e. The van der Waals surface area contributed by atoms with Gasteiger partial charge in [0.05, 0.1) is 12.7 Å². The molecule has 1 aromatic carbocycles. The van der Waals surface area contributed by atoms with Crippen molar-refractivity contribution in [3.8, 4) is 0 Å². The van der Waals surface area contributed by atoms with Crippen LogP contribution in [-0.2, 0) is 14.3 Å². The van der Waals surface area contributed by atoms with Crippen molar-refractivity contribution in [3.63, 3.8) is 0 Å². The first-order valence-electron chi connectivity index (χ1n) is 7.52. The number of ether oxygens (including phenoxy) is 2. The number of carbonyl (C=O) groups is 2. The molecule has 1 aliphatic heterocycles. The van der Waals surface area contributed by atoms with E-state index in [4.69, 9.17) is 4.74 Å². The average Bonchev–Trinajstić information content (AvgIpc) is 3.38. The highest BCUT2D eigenvalue weighted by atomic mass is 32.1. The van der Waals surface area contributed by atoms with Crippen molar-refractivity contribution in [3.05, 3.63) is 52.1 Å². The monoisotopic (exact) mass is 355 g/mol. The minimum atomic E-state index is -0.686. The van der Waals surface area contributed by atoms with Crippen molar-refractivity contribution in [2.24, 2.45) is 4.99 Å². The van der Waals surface area contributed by atoms with Crippen LogP contribution in [0.15, 0.2) is 40.8 Å². The molecule has 0 saturated heterocycles. The van der Waals surface area contributed by atoms with Gasteiger partial charge in [-0.15, -0.1) is 11.3 Å². The lowest BCUT2D eigenvalue weighted by atomic mass is 10.1. The summed E-state index contributed by atoms with van der Waals surface area (Å²) in [4.78, 5) is 35.8. The smallest absolute Gasteiger partial charge is 0.334 e. The van der Waals surface area contributed by atoms with E-state index in [9.17, 15) is 9.59 Å². The van der Waals surface area contributed by atoms with E-state index in [-0.39, 0.29) is 18.3 Å². The van der Waals surface area contributed by atoms with Gasteiger partial charge in [-0.25, -0.2) is 14.8 Å². The molecule has 3 heterocycles. The largest absolute Gasteiger partial charge is 0.473 e. The number of ketones is 1. The van der Waals surface area contributed by atoms with Crippen LogP contribution in [0.4, 0.5) is 0 Å². The highest BCUT2D eigenvalue weighted by molar-refractivity contribution is 7.12. The normalized spacial score (nSPS) is 16.5. The van der Waals surface area contributed by atoms with Crippen molar-refractivity contribution >= 4 is 39.9 Å². The second-order valence-electron chi connectivity index (χ2n) is 5.40. The number of carbonyl (C=O) groups excluding carboxylic acids is 2. The third-order valence-corrected chi connectivity index (χ3v) is 4.72. The summed E-state index contributed by atoms with van der Waals surface area (Å²) >= 11 is 1.22. The van der Waals surface area contributed by atoms with Crippen LogP contribution in [0.2, 0.25) is 0 Å². The number of hydrogen-bond donors (Lipinski definition) is 1. The van der Waals surface area contributed by atoms with Gasteiger partial charge in [0.25, 0.3) is 0 Å². The van der Waals surface area contributed by atoms with E-state index < -0.39 is 12.0 Å². The zero-order chi connectivity index (χ0) is 17.4. The molecule has 4 rings (SSSR count). The highest BCUT2D eigenvalue weighted by Gasteiger charge is 2.29. The number of fused-ring (bicyclic) bond motifs is 1. The molecule has 126 valence electrons. The summed E-state index contributed by atoms with van der Waals surface area (Å²) in [6.07, 6.45) is 1.69. The van der Waals surface area contributed by atoms with Gasteiger partial charge in [0.15, 0.2) is 11.0 Å². The molecule has 0 fully saturated rings. The van der Waals surface area contributed by atoms with Crippen LogP contribution in [0, 0.1) is 0 Å². The number of para-hydroxylation sites is 1. The summed E-state index contributed by atoms with van der Waals surface area (Å²) in [7, 11) is 1.30. The molecule has 7 nitrogen and oxygen atoms in total. The number of aromatic nitrogens is 2. The van der Waals surface area contributed by atoms with Crippen LogP contribution >= 0.6 is 11.3 Å². The topological polar surface area (TPSA) is 93.6 Å². The van der Waals surface area contributed by atoms with Crippen LogP contribution in [0.1, 0.15) is 21.1 Å². The zero-order valence-corrected chi connectivity index (χ0v) is 14.0. The maximum Gasteiger partial charge on any atom is 0.334 e. The molecule has 0 amide bonds. The van der Waals surface area contributed by atoms with Crippen LogP contribution in [-0.4, -0.2) is 47.4 Å². The molecule has 8 heteroatoms. The van der Waals surface area contributed by atoms with Crippen LogP contribution < -0.4 is 0 Å². The Bertz CT molecular complexity index is 1000. The highest BCUT2D eigenvalue weighted by Crippen LogP contribution is 2.23. The number of benzene rings is 1. The lowest BCUT2D eigenvalue weighted by Gasteiger charge is -2.00.